The van der Waals surface area contributed by atoms with Gasteiger partial charge in [-0.25, -0.2) is 0 Å². The first-order chi connectivity index (χ1) is 14.1. The Morgan fingerprint density at radius 3 is 2.31 bits per heavy atom. The van der Waals surface area contributed by atoms with Crippen LogP contribution in [0.4, 0.5) is 11.4 Å². The van der Waals surface area contributed by atoms with E-state index in [1.54, 1.807) is 24.8 Å². The maximum absolute atomic E-state index is 13.5. The summed E-state index contributed by atoms with van der Waals surface area (Å²) in [7, 11) is 3.35. The van der Waals surface area contributed by atoms with Gasteiger partial charge in [0.15, 0.2) is 5.78 Å². The molecule has 0 amide bonds. The molecule has 1 N–H and O–H groups in total. The first-order valence-electron chi connectivity index (χ1n) is 9.30. The first-order valence-corrected chi connectivity index (χ1v) is 9.30. The van der Waals surface area contributed by atoms with Crippen LogP contribution in [-0.2, 0) is 7.05 Å². The van der Waals surface area contributed by atoms with Crippen molar-refractivity contribution in [2.45, 2.75) is 0 Å². The van der Waals surface area contributed by atoms with Crippen molar-refractivity contribution in [3.8, 4) is 16.9 Å². The topological polar surface area (TPSA) is 60.3 Å². The van der Waals surface area contributed by atoms with Crippen LogP contribution in [0.15, 0.2) is 71.5 Å². The fourth-order valence-corrected chi connectivity index (χ4v) is 3.99. The zero-order valence-electron chi connectivity index (χ0n) is 16.0. The standard InChI is InChI=1S/C24H18N2O3/c1-26-20-12-11-19(25-14-7-9-15(29-2)10-8-14)23-22(20)18(13-21(26)27)16-5-3-4-6-17(16)24(23)28/h3-13,25H,1-2H3. The van der Waals surface area contributed by atoms with Crippen LogP contribution in [0.2, 0.25) is 0 Å². The second kappa shape index (κ2) is 6.34. The normalized spacial score (nSPS) is 12.0. The summed E-state index contributed by atoms with van der Waals surface area (Å²) in [4.78, 5) is 26.0. The highest BCUT2D eigenvalue weighted by Crippen LogP contribution is 2.41. The number of hydrogen-bond acceptors (Lipinski definition) is 4. The number of nitrogens with zero attached hydrogens (tertiary/aromatic N) is 1. The Balaban J connectivity index is 1.79. The average Bonchev–Trinajstić information content (AvgIpc) is 2.75. The largest absolute Gasteiger partial charge is 0.497 e. The van der Waals surface area contributed by atoms with Crippen molar-refractivity contribution in [2.75, 3.05) is 12.4 Å². The smallest absolute Gasteiger partial charge is 0.251 e. The lowest BCUT2D eigenvalue weighted by atomic mass is 9.83. The van der Waals surface area contributed by atoms with Gasteiger partial charge in [-0.2, -0.15) is 0 Å². The van der Waals surface area contributed by atoms with Crippen LogP contribution in [0, 0.1) is 0 Å². The maximum atomic E-state index is 13.5. The molecule has 1 aliphatic carbocycles. The minimum atomic E-state index is -0.0986. The molecule has 1 aliphatic rings. The fourth-order valence-electron chi connectivity index (χ4n) is 3.99. The number of anilines is 2. The molecule has 29 heavy (non-hydrogen) atoms. The van der Waals surface area contributed by atoms with Gasteiger partial charge < -0.3 is 14.6 Å². The number of benzene rings is 3. The number of aromatic nitrogens is 1. The molecule has 5 nitrogen and oxygen atoms in total. The highest BCUT2D eigenvalue weighted by molar-refractivity contribution is 6.28. The van der Waals surface area contributed by atoms with Gasteiger partial charge in [-0.1, -0.05) is 24.3 Å². The van der Waals surface area contributed by atoms with Crippen molar-refractivity contribution in [3.05, 3.63) is 88.2 Å². The summed E-state index contributed by atoms with van der Waals surface area (Å²) in [5.41, 5.74) is 4.99. The lowest BCUT2D eigenvalue weighted by molar-refractivity contribution is 0.104. The number of ether oxygens (including phenoxy) is 1. The van der Waals surface area contributed by atoms with E-state index in [1.807, 2.05) is 60.7 Å². The van der Waals surface area contributed by atoms with Crippen molar-refractivity contribution in [3.63, 3.8) is 0 Å². The van der Waals surface area contributed by atoms with Gasteiger partial charge >= 0.3 is 0 Å². The third kappa shape index (κ3) is 2.55. The summed E-state index contributed by atoms with van der Waals surface area (Å²) in [6, 6.07) is 20.3. The number of nitrogens with one attached hydrogen (secondary N) is 1. The second-order valence-corrected chi connectivity index (χ2v) is 7.07. The molecular weight excluding hydrogens is 364 g/mol. The zero-order chi connectivity index (χ0) is 20.1. The van der Waals surface area contributed by atoms with Gasteiger partial charge in [-0.15, -0.1) is 0 Å². The summed E-state index contributed by atoms with van der Waals surface area (Å²) in [5, 5.41) is 4.16. The minimum Gasteiger partial charge on any atom is -0.497 e. The Labute approximate surface area is 167 Å². The molecular formula is C24H18N2O3. The molecule has 4 aromatic rings. The molecule has 1 heterocycles. The Kier molecular flexibility index (Phi) is 3.77. The van der Waals surface area contributed by atoms with Crippen LogP contribution < -0.4 is 15.6 Å². The molecule has 0 radical (unpaired) electrons. The van der Waals surface area contributed by atoms with E-state index >= 15 is 0 Å². The van der Waals surface area contributed by atoms with Gasteiger partial charge in [-0.05, 0) is 47.5 Å². The molecule has 5 heteroatoms. The highest BCUT2D eigenvalue weighted by atomic mass is 16.5. The molecule has 5 rings (SSSR count). The van der Waals surface area contributed by atoms with E-state index in [0.29, 0.717) is 16.8 Å². The third-order valence-electron chi connectivity index (χ3n) is 5.47. The second-order valence-electron chi connectivity index (χ2n) is 7.07. The van der Waals surface area contributed by atoms with E-state index < -0.39 is 0 Å². The number of aryl methyl sites for hydroxylation is 1. The first kappa shape index (κ1) is 17.3. The predicted octanol–water partition coefficient (Wildman–Crippen LogP) is 4.50. The maximum Gasteiger partial charge on any atom is 0.251 e. The minimum absolute atomic E-state index is 0.0478. The summed E-state index contributed by atoms with van der Waals surface area (Å²) in [5.74, 6) is 0.714. The quantitative estimate of drug-likeness (QED) is 0.499. The average molecular weight is 382 g/mol. The van der Waals surface area contributed by atoms with Gasteiger partial charge in [0, 0.05) is 29.8 Å². The number of ketones is 1. The van der Waals surface area contributed by atoms with Crippen molar-refractivity contribution < 1.29 is 9.53 Å². The van der Waals surface area contributed by atoms with Crippen LogP contribution in [0.5, 0.6) is 5.75 Å². The molecule has 0 saturated heterocycles. The number of carbonyl (C=O) groups is 1. The third-order valence-corrected chi connectivity index (χ3v) is 5.47. The van der Waals surface area contributed by atoms with Gasteiger partial charge in [0.1, 0.15) is 5.75 Å². The van der Waals surface area contributed by atoms with E-state index in [4.69, 9.17) is 4.74 Å². The predicted molar refractivity (Wildman–Crippen MR) is 114 cm³/mol. The number of rotatable bonds is 3. The van der Waals surface area contributed by atoms with Crippen LogP contribution in [0.1, 0.15) is 15.9 Å². The van der Waals surface area contributed by atoms with E-state index in [9.17, 15) is 9.59 Å². The Hall–Kier alpha value is -3.86. The van der Waals surface area contributed by atoms with Crippen molar-refractivity contribution >= 4 is 28.1 Å². The number of methoxy groups -OCH3 is 1. The number of pyridine rings is 1. The molecule has 0 spiro atoms. The molecule has 3 aromatic carbocycles. The monoisotopic (exact) mass is 382 g/mol. The Morgan fingerprint density at radius 1 is 0.862 bits per heavy atom. The van der Waals surface area contributed by atoms with E-state index in [-0.39, 0.29) is 11.3 Å². The highest BCUT2D eigenvalue weighted by Gasteiger charge is 2.28. The molecule has 0 saturated carbocycles. The summed E-state index contributed by atoms with van der Waals surface area (Å²) >= 11 is 0. The van der Waals surface area contributed by atoms with Crippen LogP contribution >= 0.6 is 0 Å². The van der Waals surface area contributed by atoms with Crippen LogP contribution in [0.25, 0.3) is 22.0 Å². The molecule has 0 fully saturated rings. The van der Waals surface area contributed by atoms with Gasteiger partial charge in [0.05, 0.1) is 23.9 Å². The molecule has 0 unspecified atom stereocenters. The fraction of sp³-hybridized carbons (Fsp3) is 0.0833. The van der Waals surface area contributed by atoms with Crippen molar-refractivity contribution in [2.24, 2.45) is 7.05 Å². The van der Waals surface area contributed by atoms with Crippen molar-refractivity contribution in [1.29, 1.82) is 0 Å². The summed E-state index contributed by atoms with van der Waals surface area (Å²) in [6.07, 6.45) is 0. The summed E-state index contributed by atoms with van der Waals surface area (Å²) < 4.78 is 6.80. The van der Waals surface area contributed by atoms with Crippen LogP contribution in [-0.4, -0.2) is 17.5 Å². The van der Waals surface area contributed by atoms with E-state index in [2.05, 4.69) is 5.32 Å². The molecule has 142 valence electrons. The number of fused-ring (bicyclic) bond motifs is 2. The van der Waals surface area contributed by atoms with Crippen molar-refractivity contribution in [1.82, 2.24) is 4.57 Å². The SMILES string of the molecule is COc1ccc(Nc2ccc3c4c(cc(=O)n3C)-c3ccccc3C(=O)c24)cc1. The van der Waals surface area contributed by atoms with Gasteiger partial charge in [0.2, 0.25) is 0 Å². The van der Waals surface area contributed by atoms with Crippen LogP contribution in [0.3, 0.4) is 0 Å². The Morgan fingerprint density at radius 2 is 1.59 bits per heavy atom. The van der Waals surface area contributed by atoms with Gasteiger partial charge in [-0.3, -0.25) is 9.59 Å². The van der Waals surface area contributed by atoms with Gasteiger partial charge in [0.25, 0.3) is 5.56 Å². The molecule has 0 aliphatic heterocycles. The number of hydrogen-bond donors (Lipinski definition) is 1. The zero-order valence-corrected chi connectivity index (χ0v) is 16.0. The number of carbonyl (C=O) groups excluding carboxylic acids is 1. The molecule has 0 bridgehead atoms. The lowest BCUT2D eigenvalue weighted by Gasteiger charge is -2.23. The molecule has 1 aromatic heterocycles. The summed E-state index contributed by atoms with van der Waals surface area (Å²) in [6.45, 7) is 0. The van der Waals surface area contributed by atoms with E-state index in [0.717, 1.165) is 33.5 Å². The lowest BCUT2D eigenvalue weighted by Crippen LogP contribution is -2.21. The van der Waals surface area contributed by atoms with E-state index in [1.165, 1.54) is 0 Å². The molecule has 0 atom stereocenters. The Bertz CT molecular complexity index is 1350.